The summed E-state index contributed by atoms with van der Waals surface area (Å²) in [5, 5.41) is 0. The minimum Gasteiger partial charge on any atom is -0.472 e. The number of hydrogen-bond donors (Lipinski definition) is 0. The van der Waals surface area contributed by atoms with E-state index in [0.717, 1.165) is 30.4 Å². The number of carbonyl (C=O) groups is 1. The van der Waals surface area contributed by atoms with E-state index in [1.54, 1.807) is 24.7 Å². The zero-order valence-electron chi connectivity index (χ0n) is 9.53. The van der Waals surface area contributed by atoms with Crippen LogP contribution in [0.1, 0.15) is 38.2 Å². The minimum absolute atomic E-state index is 0.151. The Morgan fingerprint density at radius 1 is 1.38 bits per heavy atom. The average Bonchev–Trinajstić information content (AvgIpc) is 2.79. The van der Waals surface area contributed by atoms with Crippen molar-refractivity contribution in [1.29, 1.82) is 0 Å². The molecule has 2 nitrogen and oxygen atoms in total. The van der Waals surface area contributed by atoms with Crippen molar-refractivity contribution < 1.29 is 9.21 Å². The Morgan fingerprint density at radius 2 is 2.19 bits per heavy atom. The molecular formula is C14H16O2. The summed E-state index contributed by atoms with van der Waals surface area (Å²) in [4.78, 5) is 11.9. The molecule has 0 saturated heterocycles. The van der Waals surface area contributed by atoms with Crippen molar-refractivity contribution in [2.75, 3.05) is 0 Å². The summed E-state index contributed by atoms with van der Waals surface area (Å²) >= 11 is 0. The van der Waals surface area contributed by atoms with Crippen LogP contribution in [0.5, 0.6) is 0 Å². The Morgan fingerprint density at radius 3 is 2.88 bits per heavy atom. The predicted molar refractivity (Wildman–Crippen MR) is 63.9 cm³/mol. The van der Waals surface area contributed by atoms with E-state index < -0.39 is 0 Å². The smallest absolute Gasteiger partial charge is 0.181 e. The van der Waals surface area contributed by atoms with Gasteiger partial charge in [0.1, 0.15) is 0 Å². The molecule has 0 spiro atoms. The molecule has 0 atom stereocenters. The molecular weight excluding hydrogens is 200 g/mol. The van der Waals surface area contributed by atoms with Crippen molar-refractivity contribution in [3.63, 3.8) is 0 Å². The lowest BCUT2D eigenvalue weighted by atomic mass is 9.90. The normalized spacial score (nSPS) is 17.1. The van der Waals surface area contributed by atoms with Gasteiger partial charge in [-0.05, 0) is 56.4 Å². The Hall–Kier alpha value is -1.57. The van der Waals surface area contributed by atoms with E-state index in [-0.39, 0.29) is 5.78 Å². The van der Waals surface area contributed by atoms with Crippen LogP contribution in [-0.4, -0.2) is 5.78 Å². The first-order chi connectivity index (χ1) is 7.77. The summed E-state index contributed by atoms with van der Waals surface area (Å²) in [6.45, 7) is 2.07. The summed E-state index contributed by atoms with van der Waals surface area (Å²) in [5.74, 6) is 0.151. The lowest BCUT2D eigenvalue weighted by Crippen LogP contribution is -2.06. The number of rotatable bonds is 3. The molecule has 2 heteroatoms. The number of allylic oxidation sites excluding steroid dienone is 3. The van der Waals surface area contributed by atoms with E-state index in [1.165, 1.54) is 12.0 Å². The highest BCUT2D eigenvalue weighted by Crippen LogP contribution is 2.25. The highest BCUT2D eigenvalue weighted by molar-refractivity contribution is 6.06. The average molecular weight is 216 g/mol. The van der Waals surface area contributed by atoms with Crippen LogP contribution in [0.4, 0.5) is 0 Å². The minimum atomic E-state index is 0.151. The molecule has 1 aliphatic carbocycles. The molecule has 0 fully saturated rings. The van der Waals surface area contributed by atoms with Gasteiger partial charge in [-0.2, -0.15) is 0 Å². The lowest BCUT2D eigenvalue weighted by Gasteiger charge is -2.14. The highest BCUT2D eigenvalue weighted by atomic mass is 16.3. The van der Waals surface area contributed by atoms with E-state index in [4.69, 9.17) is 4.42 Å². The number of carbonyl (C=O) groups excluding carboxylic acids is 1. The van der Waals surface area contributed by atoms with Crippen LogP contribution in [0.25, 0.3) is 6.08 Å². The molecule has 1 heterocycles. The van der Waals surface area contributed by atoms with Gasteiger partial charge in [0.05, 0.1) is 12.5 Å². The van der Waals surface area contributed by atoms with E-state index in [2.05, 4.69) is 6.92 Å². The molecule has 0 unspecified atom stereocenters. The molecule has 16 heavy (non-hydrogen) atoms. The molecule has 1 aromatic rings. The van der Waals surface area contributed by atoms with Gasteiger partial charge in [-0.25, -0.2) is 0 Å². The quantitative estimate of drug-likeness (QED) is 0.720. The Kier molecular flexibility index (Phi) is 3.40. The predicted octanol–water partition coefficient (Wildman–Crippen LogP) is 3.75. The molecule has 0 N–H and O–H groups in total. The fourth-order valence-corrected chi connectivity index (χ4v) is 2.03. The summed E-state index contributed by atoms with van der Waals surface area (Å²) in [6, 6.07) is 1.84. The van der Waals surface area contributed by atoms with Crippen LogP contribution in [0.15, 0.2) is 40.2 Å². The van der Waals surface area contributed by atoms with E-state index in [1.807, 2.05) is 6.07 Å². The Bertz CT molecular complexity index is 422. The third kappa shape index (κ3) is 2.51. The zero-order valence-corrected chi connectivity index (χ0v) is 9.53. The summed E-state index contributed by atoms with van der Waals surface area (Å²) < 4.78 is 4.94. The first-order valence-corrected chi connectivity index (χ1v) is 5.70. The van der Waals surface area contributed by atoms with Crippen molar-refractivity contribution in [1.82, 2.24) is 0 Å². The first-order valence-electron chi connectivity index (χ1n) is 5.70. The van der Waals surface area contributed by atoms with Gasteiger partial charge < -0.3 is 4.42 Å². The van der Waals surface area contributed by atoms with Crippen molar-refractivity contribution in [2.24, 2.45) is 0 Å². The number of ketones is 1. The first kappa shape index (κ1) is 10.9. The second-order valence-electron chi connectivity index (χ2n) is 4.22. The van der Waals surface area contributed by atoms with Gasteiger partial charge in [0, 0.05) is 5.56 Å². The molecule has 0 saturated carbocycles. The van der Waals surface area contributed by atoms with Crippen LogP contribution in [-0.2, 0) is 4.79 Å². The van der Waals surface area contributed by atoms with Crippen LogP contribution in [0.3, 0.4) is 0 Å². The van der Waals surface area contributed by atoms with E-state index in [9.17, 15) is 4.79 Å². The third-order valence-corrected chi connectivity index (χ3v) is 3.01. The highest BCUT2D eigenvalue weighted by Gasteiger charge is 2.13. The van der Waals surface area contributed by atoms with Crippen LogP contribution >= 0.6 is 0 Å². The standard InChI is InChI=1S/C14H16O2/c1-11-4-2-3-5-13(11)14(15)7-6-12-8-9-16-10-12/h6-10H,2-5H2,1H3/b7-6+. The summed E-state index contributed by atoms with van der Waals surface area (Å²) in [5.41, 5.74) is 3.20. The van der Waals surface area contributed by atoms with Gasteiger partial charge in [0.15, 0.2) is 5.78 Å². The number of hydrogen-bond acceptors (Lipinski definition) is 2. The largest absolute Gasteiger partial charge is 0.472 e. The molecule has 0 bridgehead atoms. The maximum absolute atomic E-state index is 11.9. The topological polar surface area (TPSA) is 30.2 Å². The van der Waals surface area contributed by atoms with Gasteiger partial charge in [0.2, 0.25) is 0 Å². The summed E-state index contributed by atoms with van der Waals surface area (Å²) in [6.07, 6.45) is 11.0. The molecule has 2 rings (SSSR count). The Balaban J connectivity index is 2.08. The second kappa shape index (κ2) is 4.97. The van der Waals surface area contributed by atoms with Crippen molar-refractivity contribution in [3.05, 3.63) is 41.4 Å². The molecule has 1 aromatic heterocycles. The van der Waals surface area contributed by atoms with Gasteiger partial charge in [-0.1, -0.05) is 5.57 Å². The van der Waals surface area contributed by atoms with E-state index in [0.29, 0.717) is 0 Å². The molecule has 0 aliphatic heterocycles. The van der Waals surface area contributed by atoms with Gasteiger partial charge >= 0.3 is 0 Å². The molecule has 0 radical (unpaired) electrons. The number of furan rings is 1. The van der Waals surface area contributed by atoms with Crippen LogP contribution in [0, 0.1) is 0 Å². The molecule has 0 aromatic carbocycles. The molecule has 84 valence electrons. The van der Waals surface area contributed by atoms with Crippen LogP contribution < -0.4 is 0 Å². The maximum Gasteiger partial charge on any atom is 0.181 e. The van der Waals surface area contributed by atoms with Gasteiger partial charge in [0.25, 0.3) is 0 Å². The lowest BCUT2D eigenvalue weighted by molar-refractivity contribution is -0.111. The van der Waals surface area contributed by atoms with Gasteiger partial charge in [-0.3, -0.25) is 4.79 Å². The monoisotopic (exact) mass is 216 g/mol. The van der Waals surface area contributed by atoms with Crippen molar-refractivity contribution >= 4 is 11.9 Å². The SMILES string of the molecule is CC1=C(C(=O)/C=C/c2ccoc2)CCCC1. The Labute approximate surface area is 95.7 Å². The zero-order chi connectivity index (χ0) is 11.4. The van der Waals surface area contributed by atoms with Crippen molar-refractivity contribution in [2.45, 2.75) is 32.6 Å². The fourth-order valence-electron chi connectivity index (χ4n) is 2.03. The molecule has 1 aliphatic rings. The van der Waals surface area contributed by atoms with Gasteiger partial charge in [-0.15, -0.1) is 0 Å². The molecule has 0 amide bonds. The third-order valence-electron chi connectivity index (χ3n) is 3.01. The second-order valence-corrected chi connectivity index (χ2v) is 4.22. The van der Waals surface area contributed by atoms with Crippen molar-refractivity contribution in [3.8, 4) is 0 Å². The fraction of sp³-hybridized carbons (Fsp3) is 0.357. The van der Waals surface area contributed by atoms with Crippen LogP contribution in [0.2, 0.25) is 0 Å². The van der Waals surface area contributed by atoms with E-state index >= 15 is 0 Å². The maximum atomic E-state index is 11.9. The summed E-state index contributed by atoms with van der Waals surface area (Å²) in [7, 11) is 0.